The van der Waals surface area contributed by atoms with Crippen LogP contribution in [0.5, 0.6) is 0 Å². The number of hydrogen-bond acceptors (Lipinski definition) is 2. The van der Waals surface area contributed by atoms with Crippen molar-refractivity contribution >= 4 is 0 Å². The Kier molecular flexibility index (Phi) is 6.41. The highest BCUT2D eigenvalue weighted by Crippen LogP contribution is 2.13. The van der Waals surface area contributed by atoms with Gasteiger partial charge in [0.25, 0.3) is 0 Å². The molecule has 0 saturated heterocycles. The molecule has 3 heteroatoms. The number of nitrogens with one attached hydrogen (secondary N) is 1. The molecule has 104 valence electrons. The van der Waals surface area contributed by atoms with Gasteiger partial charge in [0.2, 0.25) is 0 Å². The molecule has 1 rings (SSSR count). The number of hydrogen-bond donors (Lipinski definition) is 1. The minimum Gasteiger partial charge on any atom is -0.316 e. The first-order valence-electron chi connectivity index (χ1n) is 7.27. The maximum atomic E-state index is 4.50. The van der Waals surface area contributed by atoms with Crippen LogP contribution in [0.15, 0.2) is 6.07 Å². The van der Waals surface area contributed by atoms with Crippen LogP contribution in [-0.2, 0) is 13.0 Å². The van der Waals surface area contributed by atoms with Crippen LogP contribution in [0.2, 0.25) is 0 Å². The Hall–Kier alpha value is -0.830. The molecule has 0 spiro atoms. The summed E-state index contributed by atoms with van der Waals surface area (Å²) in [6, 6.07) is 2.22. The van der Waals surface area contributed by atoms with Gasteiger partial charge >= 0.3 is 0 Å². The van der Waals surface area contributed by atoms with Crippen LogP contribution in [0, 0.1) is 18.8 Å². The molecule has 1 aromatic rings. The van der Waals surface area contributed by atoms with Crippen molar-refractivity contribution in [3.8, 4) is 0 Å². The van der Waals surface area contributed by atoms with Gasteiger partial charge in [-0.2, -0.15) is 5.10 Å². The predicted molar refractivity (Wildman–Crippen MR) is 77.8 cm³/mol. The van der Waals surface area contributed by atoms with E-state index in [0.29, 0.717) is 5.92 Å². The lowest BCUT2D eigenvalue weighted by atomic mass is 10.0. The van der Waals surface area contributed by atoms with E-state index in [4.69, 9.17) is 0 Å². The van der Waals surface area contributed by atoms with Gasteiger partial charge in [-0.15, -0.1) is 0 Å². The molecule has 1 atom stereocenters. The Morgan fingerprint density at radius 1 is 1.33 bits per heavy atom. The van der Waals surface area contributed by atoms with Crippen LogP contribution in [0.25, 0.3) is 0 Å². The summed E-state index contributed by atoms with van der Waals surface area (Å²) in [6.45, 7) is 14.3. The standard InChI is InChI=1S/C15H29N3/c1-6-18-15(10-14(5)17-18)9-13(4)7-8-16-11-12(2)3/h10,12-13,16H,6-9,11H2,1-5H3. The fourth-order valence-electron chi connectivity index (χ4n) is 2.24. The Morgan fingerprint density at radius 3 is 2.67 bits per heavy atom. The topological polar surface area (TPSA) is 29.9 Å². The molecule has 0 aromatic carbocycles. The highest BCUT2D eigenvalue weighted by molar-refractivity contribution is 5.09. The second kappa shape index (κ2) is 7.57. The molecule has 0 amide bonds. The Bertz CT molecular complexity index is 342. The lowest BCUT2D eigenvalue weighted by Crippen LogP contribution is -2.22. The van der Waals surface area contributed by atoms with Crippen LogP contribution < -0.4 is 5.32 Å². The fraction of sp³-hybridized carbons (Fsp3) is 0.800. The normalized spacial score (nSPS) is 13.2. The quantitative estimate of drug-likeness (QED) is 0.720. The molecule has 0 saturated carbocycles. The van der Waals surface area contributed by atoms with Crippen molar-refractivity contribution in [2.24, 2.45) is 11.8 Å². The largest absolute Gasteiger partial charge is 0.316 e. The average Bonchev–Trinajstić information content (AvgIpc) is 2.64. The number of rotatable bonds is 8. The summed E-state index contributed by atoms with van der Waals surface area (Å²) in [4.78, 5) is 0. The van der Waals surface area contributed by atoms with Gasteiger partial charge in [-0.05, 0) is 57.7 Å². The van der Waals surface area contributed by atoms with Gasteiger partial charge < -0.3 is 5.32 Å². The summed E-state index contributed by atoms with van der Waals surface area (Å²) >= 11 is 0. The predicted octanol–water partition coefficient (Wildman–Crippen LogP) is 3.03. The van der Waals surface area contributed by atoms with Gasteiger partial charge in [0.15, 0.2) is 0 Å². The van der Waals surface area contributed by atoms with E-state index in [1.165, 1.54) is 12.1 Å². The highest BCUT2D eigenvalue weighted by atomic mass is 15.3. The molecule has 1 aromatic heterocycles. The monoisotopic (exact) mass is 251 g/mol. The average molecular weight is 251 g/mol. The zero-order valence-electron chi connectivity index (χ0n) is 12.7. The zero-order valence-corrected chi connectivity index (χ0v) is 12.7. The molecule has 0 aliphatic carbocycles. The first kappa shape index (κ1) is 15.2. The summed E-state index contributed by atoms with van der Waals surface area (Å²) in [7, 11) is 0. The third kappa shape index (κ3) is 5.21. The van der Waals surface area contributed by atoms with Crippen LogP contribution in [0.1, 0.15) is 45.5 Å². The lowest BCUT2D eigenvalue weighted by molar-refractivity contribution is 0.460. The molecule has 0 aliphatic rings. The van der Waals surface area contributed by atoms with E-state index in [1.54, 1.807) is 0 Å². The van der Waals surface area contributed by atoms with Gasteiger partial charge in [-0.3, -0.25) is 4.68 Å². The van der Waals surface area contributed by atoms with Crippen molar-refractivity contribution in [2.45, 2.75) is 54.0 Å². The van der Waals surface area contributed by atoms with E-state index in [-0.39, 0.29) is 0 Å². The van der Waals surface area contributed by atoms with Gasteiger partial charge in [0.1, 0.15) is 0 Å². The summed E-state index contributed by atoms with van der Waals surface area (Å²) in [5.41, 5.74) is 2.52. The van der Waals surface area contributed by atoms with Crippen molar-refractivity contribution < 1.29 is 0 Å². The molecule has 1 unspecified atom stereocenters. The maximum absolute atomic E-state index is 4.50. The van der Waals surface area contributed by atoms with E-state index >= 15 is 0 Å². The smallest absolute Gasteiger partial charge is 0.0596 e. The van der Waals surface area contributed by atoms with E-state index < -0.39 is 0 Å². The first-order chi connectivity index (χ1) is 8.52. The van der Waals surface area contributed by atoms with Crippen molar-refractivity contribution in [3.05, 3.63) is 17.5 Å². The Labute approximate surface area is 112 Å². The summed E-state index contributed by atoms with van der Waals surface area (Å²) in [6.07, 6.45) is 2.37. The van der Waals surface area contributed by atoms with E-state index in [2.05, 4.69) is 55.8 Å². The van der Waals surface area contributed by atoms with Gasteiger partial charge in [0.05, 0.1) is 5.69 Å². The molecule has 1 heterocycles. The third-order valence-corrected chi connectivity index (χ3v) is 3.21. The number of aromatic nitrogens is 2. The molecule has 3 nitrogen and oxygen atoms in total. The Morgan fingerprint density at radius 2 is 2.06 bits per heavy atom. The molecule has 0 fully saturated rings. The number of nitrogens with zero attached hydrogens (tertiary/aromatic N) is 2. The van der Waals surface area contributed by atoms with Crippen molar-refractivity contribution in [2.75, 3.05) is 13.1 Å². The second-order valence-corrected chi connectivity index (χ2v) is 5.79. The lowest BCUT2D eigenvalue weighted by Gasteiger charge is -2.13. The molecule has 1 N–H and O–H groups in total. The number of aryl methyl sites for hydroxylation is 2. The van der Waals surface area contributed by atoms with Crippen LogP contribution in [-0.4, -0.2) is 22.9 Å². The van der Waals surface area contributed by atoms with Crippen molar-refractivity contribution in [3.63, 3.8) is 0 Å². The summed E-state index contributed by atoms with van der Waals surface area (Å²) < 4.78 is 2.13. The molecular formula is C15H29N3. The second-order valence-electron chi connectivity index (χ2n) is 5.79. The van der Waals surface area contributed by atoms with Gasteiger partial charge in [-0.25, -0.2) is 0 Å². The first-order valence-corrected chi connectivity index (χ1v) is 7.27. The third-order valence-electron chi connectivity index (χ3n) is 3.21. The molecule has 18 heavy (non-hydrogen) atoms. The SMILES string of the molecule is CCn1nc(C)cc1CC(C)CCNCC(C)C. The van der Waals surface area contributed by atoms with E-state index in [1.807, 2.05) is 0 Å². The Balaban J connectivity index is 2.32. The molecule has 0 bridgehead atoms. The van der Waals surface area contributed by atoms with Crippen molar-refractivity contribution in [1.82, 2.24) is 15.1 Å². The minimum absolute atomic E-state index is 0.714. The van der Waals surface area contributed by atoms with Crippen molar-refractivity contribution in [1.29, 1.82) is 0 Å². The van der Waals surface area contributed by atoms with Gasteiger partial charge in [-0.1, -0.05) is 20.8 Å². The molecular weight excluding hydrogens is 222 g/mol. The summed E-state index contributed by atoms with van der Waals surface area (Å²) in [5.74, 6) is 1.45. The van der Waals surface area contributed by atoms with Crippen LogP contribution in [0.3, 0.4) is 0 Å². The molecule has 0 radical (unpaired) electrons. The van der Waals surface area contributed by atoms with E-state index in [0.717, 1.165) is 37.7 Å². The highest BCUT2D eigenvalue weighted by Gasteiger charge is 2.09. The maximum Gasteiger partial charge on any atom is 0.0596 e. The summed E-state index contributed by atoms with van der Waals surface area (Å²) in [5, 5.41) is 8.02. The fourth-order valence-corrected chi connectivity index (χ4v) is 2.24. The van der Waals surface area contributed by atoms with Crippen LogP contribution >= 0.6 is 0 Å². The van der Waals surface area contributed by atoms with Gasteiger partial charge in [0, 0.05) is 12.2 Å². The zero-order chi connectivity index (χ0) is 13.5. The minimum atomic E-state index is 0.714. The van der Waals surface area contributed by atoms with Crippen LogP contribution in [0.4, 0.5) is 0 Å². The van der Waals surface area contributed by atoms with E-state index in [9.17, 15) is 0 Å². The molecule has 0 aliphatic heterocycles.